The molecule has 2 saturated heterocycles. The summed E-state index contributed by atoms with van der Waals surface area (Å²) >= 11 is 0. The molecule has 5 heterocycles. The van der Waals surface area contributed by atoms with Gasteiger partial charge in [-0.1, -0.05) is 51.8 Å². The molecule has 8 rings (SSSR count). The van der Waals surface area contributed by atoms with E-state index in [2.05, 4.69) is 83.2 Å². The quantitative estimate of drug-likeness (QED) is 0.0326. The highest BCUT2D eigenvalue weighted by molar-refractivity contribution is 5.97. The van der Waals surface area contributed by atoms with Gasteiger partial charge in [-0.05, 0) is 111 Å². The lowest BCUT2D eigenvalue weighted by Gasteiger charge is -2.29. The maximum atomic E-state index is 13.7. The molecule has 0 saturated carbocycles. The lowest BCUT2D eigenvalue weighted by molar-refractivity contribution is -0.140. The molecule has 18 heteroatoms. The minimum Gasteiger partial charge on any atom is -0.382 e. The lowest BCUT2D eigenvalue weighted by Crippen LogP contribution is -2.43. The van der Waals surface area contributed by atoms with E-state index in [4.69, 9.17) is 4.74 Å². The van der Waals surface area contributed by atoms with Crippen molar-refractivity contribution in [3.05, 3.63) is 120 Å². The van der Waals surface area contributed by atoms with Crippen LogP contribution >= 0.6 is 0 Å². The molecule has 3 aromatic heterocycles. The molecule has 0 radical (unpaired) electrons. The predicted octanol–water partition coefficient (Wildman–Crippen LogP) is 7.18. The van der Waals surface area contributed by atoms with Crippen molar-refractivity contribution in [2.24, 2.45) is 0 Å². The number of halogens is 3. The number of benzene rings is 3. The number of nitrogens with zero attached hydrogens (tertiary/aromatic N) is 4. The fraction of sp³-hybridized carbons (Fsp3) is 0.418. The molecule has 0 atom stereocenters. The summed E-state index contributed by atoms with van der Waals surface area (Å²) in [6.45, 7) is 14.3. The van der Waals surface area contributed by atoms with Gasteiger partial charge in [-0.2, -0.15) is 13.2 Å². The van der Waals surface area contributed by atoms with Crippen molar-refractivity contribution in [1.29, 1.82) is 0 Å². The fourth-order valence-electron chi connectivity index (χ4n) is 8.53. The third-order valence-electron chi connectivity index (χ3n) is 12.1. The Balaban J connectivity index is 0.00000212. The topological polar surface area (TPSA) is 171 Å². The molecular formula is C55H70F3N11O4. The summed E-state index contributed by atoms with van der Waals surface area (Å²) in [7, 11) is 0. The largest absolute Gasteiger partial charge is 0.406 e. The molecule has 0 bridgehead atoms. The van der Waals surface area contributed by atoms with Gasteiger partial charge < -0.3 is 56.0 Å². The Morgan fingerprint density at radius 2 is 1.48 bits per heavy atom. The van der Waals surface area contributed by atoms with E-state index in [9.17, 15) is 27.6 Å². The summed E-state index contributed by atoms with van der Waals surface area (Å²) in [5.74, 6) is 5.18. The maximum absolute atomic E-state index is 13.7. The molecule has 2 aliphatic rings. The molecule has 15 nitrogen and oxygen atoms in total. The van der Waals surface area contributed by atoms with E-state index in [1.807, 2.05) is 39.8 Å². The molecular weight excluding hydrogens is 936 g/mol. The van der Waals surface area contributed by atoms with Crippen molar-refractivity contribution in [3.8, 4) is 11.8 Å². The zero-order chi connectivity index (χ0) is 52.0. The number of ether oxygens (including phenoxy) is 1. The first-order chi connectivity index (χ1) is 35.6. The number of fused-ring (bicyclic) bond motifs is 2. The molecule has 2 aliphatic heterocycles. The number of aromatic nitrogens is 3. The second-order valence-electron chi connectivity index (χ2n) is 17.1. The predicted molar refractivity (Wildman–Crippen MR) is 285 cm³/mol. The number of amides is 3. The first-order valence-electron chi connectivity index (χ1n) is 25.5. The second kappa shape index (κ2) is 28.2. The van der Waals surface area contributed by atoms with Crippen LogP contribution in [0.25, 0.3) is 21.9 Å². The van der Waals surface area contributed by atoms with Crippen LogP contribution in [0, 0.1) is 11.8 Å². The molecule has 390 valence electrons. The van der Waals surface area contributed by atoms with E-state index in [1.165, 1.54) is 16.5 Å². The number of piperidine rings is 1. The molecule has 3 aromatic carbocycles. The lowest BCUT2D eigenvalue weighted by atomic mass is 10.1. The maximum Gasteiger partial charge on any atom is 0.406 e. The minimum atomic E-state index is -4.42. The van der Waals surface area contributed by atoms with Crippen LogP contribution in [0.3, 0.4) is 0 Å². The summed E-state index contributed by atoms with van der Waals surface area (Å²) in [5.41, 5.74) is 6.08. The van der Waals surface area contributed by atoms with E-state index in [1.54, 1.807) is 59.3 Å². The van der Waals surface area contributed by atoms with Crippen molar-refractivity contribution < 1.29 is 32.3 Å². The van der Waals surface area contributed by atoms with E-state index >= 15 is 0 Å². The summed E-state index contributed by atoms with van der Waals surface area (Å²) in [5, 5.41) is 23.4. The van der Waals surface area contributed by atoms with E-state index in [-0.39, 0.29) is 68.9 Å². The smallest absolute Gasteiger partial charge is 0.382 e. The summed E-state index contributed by atoms with van der Waals surface area (Å²) in [4.78, 5) is 45.2. The standard InChI is InChI=1S/C51H58F3N11O4.2C2H6/c52-51(53,54)35-65-43(32-44-45(4-1-5-46(44)65)62-41-15-19-55-20-16-41)3-2-18-57-40-10-8-37(9-11-40)49(67)60-25-30-69-29-24-58-47(66)34-64-26-17-38-31-39(33-61-48(38)64)50(68)59-21-14-36-6-12-42(13-7-36)63-27-22-56-23-28-63;2*1-2/h1,4-13,17,26,31-33,41,55-57,62H,14-16,18-25,27-30,34-35H2,(H,58,66)(H,59,68)(H,60,67);2*1-2H3. The first kappa shape index (κ1) is 55.2. The van der Waals surface area contributed by atoms with Gasteiger partial charge in [0.15, 0.2) is 0 Å². The highest BCUT2D eigenvalue weighted by Crippen LogP contribution is 2.31. The normalized spacial score (nSPS) is 13.7. The molecule has 0 unspecified atom stereocenters. The number of hydrogen-bond acceptors (Lipinski definition) is 10. The number of hydrogen-bond donors (Lipinski definition) is 7. The monoisotopic (exact) mass is 1010 g/mol. The third-order valence-corrected chi connectivity index (χ3v) is 12.1. The zero-order valence-electron chi connectivity index (χ0n) is 42.4. The second-order valence-corrected chi connectivity index (χ2v) is 17.1. The fourth-order valence-corrected chi connectivity index (χ4v) is 8.53. The van der Waals surface area contributed by atoms with Crippen LogP contribution < -0.4 is 42.1 Å². The number of anilines is 3. The number of nitrogens with one attached hydrogen (secondary N) is 7. The van der Waals surface area contributed by atoms with Crippen molar-refractivity contribution >= 4 is 56.7 Å². The number of pyridine rings is 1. The van der Waals surface area contributed by atoms with Gasteiger partial charge in [0.05, 0.1) is 36.5 Å². The number of rotatable bonds is 19. The Morgan fingerprint density at radius 1 is 0.795 bits per heavy atom. The minimum absolute atomic E-state index is 0.0442. The van der Waals surface area contributed by atoms with Gasteiger partial charge in [0.25, 0.3) is 11.8 Å². The van der Waals surface area contributed by atoms with Crippen molar-refractivity contribution in [2.45, 2.75) is 72.3 Å². The number of alkyl halides is 3. The van der Waals surface area contributed by atoms with Crippen LogP contribution in [0.1, 0.15) is 72.5 Å². The molecule has 0 aliphatic carbocycles. The van der Waals surface area contributed by atoms with E-state index in [0.29, 0.717) is 46.3 Å². The summed E-state index contributed by atoms with van der Waals surface area (Å²) < 4.78 is 49.6. The average molecular weight is 1010 g/mol. The Bertz CT molecular complexity index is 2750. The van der Waals surface area contributed by atoms with E-state index < -0.39 is 12.7 Å². The Hall–Kier alpha value is -7.07. The van der Waals surface area contributed by atoms with Crippen LogP contribution in [-0.4, -0.2) is 123 Å². The molecule has 0 spiro atoms. The van der Waals surface area contributed by atoms with Gasteiger partial charge in [0.2, 0.25) is 5.91 Å². The highest BCUT2D eigenvalue weighted by Gasteiger charge is 2.30. The van der Waals surface area contributed by atoms with Crippen LogP contribution in [0.4, 0.5) is 30.2 Å². The van der Waals surface area contributed by atoms with Gasteiger partial charge in [-0.3, -0.25) is 14.4 Å². The van der Waals surface area contributed by atoms with E-state index in [0.717, 1.165) is 68.7 Å². The molecule has 2 fully saturated rings. The van der Waals surface area contributed by atoms with Crippen molar-refractivity contribution in [3.63, 3.8) is 0 Å². The van der Waals surface area contributed by atoms with Crippen LogP contribution in [0.15, 0.2) is 97.3 Å². The summed E-state index contributed by atoms with van der Waals surface area (Å²) in [6.07, 6.45) is 1.44. The van der Waals surface area contributed by atoms with Crippen molar-refractivity contribution in [1.82, 2.24) is 40.7 Å². The molecule has 6 aromatic rings. The van der Waals surface area contributed by atoms with Gasteiger partial charge in [-0.25, -0.2) is 4.98 Å². The van der Waals surface area contributed by atoms with Gasteiger partial charge in [0, 0.05) is 97.6 Å². The molecule has 73 heavy (non-hydrogen) atoms. The number of carbonyl (C=O) groups excluding carboxylic acids is 3. The average Bonchev–Trinajstić information content (AvgIpc) is 3.98. The Kier molecular flexibility index (Phi) is 21.4. The molecule has 3 amide bonds. The van der Waals surface area contributed by atoms with Gasteiger partial charge in [-0.15, -0.1) is 0 Å². The Labute approximate surface area is 426 Å². The SMILES string of the molecule is CC.CC.O=C(Cn1ccc2cc(C(=O)NCCc3ccc(N4CCNCC4)cc3)cnc21)NCCOCCNC(=O)c1ccc(NCC#Cc2cc3c(NC4CCNCC4)cccc3n2CC(F)(F)F)cc1. The van der Waals surface area contributed by atoms with Gasteiger partial charge in [0.1, 0.15) is 18.7 Å². The Morgan fingerprint density at radius 3 is 2.21 bits per heavy atom. The third kappa shape index (κ3) is 16.5. The molecule has 7 N–H and O–H groups in total. The zero-order valence-corrected chi connectivity index (χ0v) is 42.4. The van der Waals surface area contributed by atoms with Crippen molar-refractivity contribution in [2.75, 3.05) is 94.2 Å². The van der Waals surface area contributed by atoms with Gasteiger partial charge >= 0.3 is 6.18 Å². The summed E-state index contributed by atoms with van der Waals surface area (Å²) in [6, 6.07) is 26.2. The number of carbonyl (C=O) groups is 3. The first-order valence-corrected chi connectivity index (χ1v) is 25.5. The van der Waals surface area contributed by atoms with Crippen LogP contribution in [0.2, 0.25) is 0 Å². The highest BCUT2D eigenvalue weighted by atomic mass is 19.4. The van der Waals surface area contributed by atoms with Crippen LogP contribution in [0.5, 0.6) is 0 Å². The number of piperazine rings is 1. The van der Waals surface area contributed by atoms with Crippen LogP contribution in [-0.2, 0) is 29.0 Å².